The summed E-state index contributed by atoms with van der Waals surface area (Å²) in [6.07, 6.45) is 5.35. The predicted molar refractivity (Wildman–Crippen MR) is 64.5 cm³/mol. The number of nitrogens with one attached hydrogen (secondary N) is 1. The number of hydrogen-bond acceptors (Lipinski definition) is 3. The van der Waals surface area contributed by atoms with Crippen molar-refractivity contribution in [2.24, 2.45) is 5.92 Å². The highest BCUT2D eigenvalue weighted by Crippen LogP contribution is 2.15. The van der Waals surface area contributed by atoms with Gasteiger partial charge in [-0.2, -0.15) is 0 Å². The van der Waals surface area contributed by atoms with Gasteiger partial charge < -0.3 is 15.3 Å². The van der Waals surface area contributed by atoms with E-state index in [2.05, 4.69) is 17.1 Å². The molecule has 0 bridgehead atoms. The molecule has 1 saturated heterocycles. The number of rotatable bonds is 6. The molecule has 4 nitrogen and oxygen atoms in total. The van der Waals surface area contributed by atoms with Gasteiger partial charge in [-0.15, -0.1) is 0 Å². The van der Waals surface area contributed by atoms with E-state index in [-0.39, 0.29) is 0 Å². The largest absolute Gasteiger partial charge is 0.478 e. The van der Waals surface area contributed by atoms with Gasteiger partial charge in [0, 0.05) is 12.6 Å². The lowest BCUT2D eigenvalue weighted by atomic mass is 9.97. The van der Waals surface area contributed by atoms with Crippen LogP contribution in [0.3, 0.4) is 0 Å². The van der Waals surface area contributed by atoms with Gasteiger partial charge >= 0.3 is 5.97 Å². The molecule has 1 aliphatic heterocycles. The van der Waals surface area contributed by atoms with Gasteiger partial charge in [-0.25, -0.2) is 4.79 Å². The lowest BCUT2D eigenvalue weighted by molar-refractivity contribution is -0.131. The summed E-state index contributed by atoms with van der Waals surface area (Å²) in [5, 5.41) is 11.7. The van der Waals surface area contributed by atoms with Crippen LogP contribution in [0.4, 0.5) is 0 Å². The van der Waals surface area contributed by atoms with Gasteiger partial charge in [0.15, 0.2) is 0 Å². The van der Waals surface area contributed by atoms with Gasteiger partial charge in [0.05, 0.1) is 0 Å². The number of carboxylic acid groups (broad SMARTS) is 1. The second-order valence-electron chi connectivity index (χ2n) is 4.28. The summed E-state index contributed by atoms with van der Waals surface area (Å²) in [7, 11) is 0. The average Bonchev–Trinajstić information content (AvgIpc) is 2.29. The fourth-order valence-corrected chi connectivity index (χ4v) is 2.04. The van der Waals surface area contributed by atoms with Crippen LogP contribution in [0, 0.1) is 5.92 Å². The summed E-state index contributed by atoms with van der Waals surface area (Å²) in [6.45, 7) is 7.42. The van der Waals surface area contributed by atoms with Crippen molar-refractivity contribution < 1.29 is 9.90 Å². The number of aliphatic carboxylic acids is 1. The molecule has 0 radical (unpaired) electrons. The minimum absolute atomic E-state index is 0.653. The first-order chi connectivity index (χ1) is 7.72. The van der Waals surface area contributed by atoms with E-state index in [1.807, 2.05) is 0 Å². The number of carbonyl (C=O) groups is 1. The molecule has 92 valence electrons. The van der Waals surface area contributed by atoms with E-state index >= 15 is 0 Å². The molecule has 0 atom stereocenters. The van der Waals surface area contributed by atoms with E-state index in [4.69, 9.17) is 5.11 Å². The lowest BCUT2D eigenvalue weighted by Crippen LogP contribution is -2.37. The van der Waals surface area contributed by atoms with Gasteiger partial charge in [0.1, 0.15) is 0 Å². The fourth-order valence-electron chi connectivity index (χ4n) is 2.04. The highest BCUT2D eigenvalue weighted by Gasteiger charge is 2.16. The Bertz CT molecular complexity index is 233. The molecule has 1 rings (SSSR count). The predicted octanol–water partition coefficient (Wildman–Crippen LogP) is 0.949. The zero-order valence-corrected chi connectivity index (χ0v) is 9.98. The summed E-state index contributed by atoms with van der Waals surface area (Å²) in [4.78, 5) is 12.7. The third-order valence-electron chi connectivity index (χ3n) is 3.11. The zero-order valence-electron chi connectivity index (χ0n) is 9.98. The van der Waals surface area contributed by atoms with Crippen molar-refractivity contribution >= 4 is 5.97 Å². The molecule has 16 heavy (non-hydrogen) atoms. The summed E-state index contributed by atoms with van der Waals surface area (Å²) in [5.74, 6) is -0.126. The van der Waals surface area contributed by atoms with E-state index in [1.165, 1.54) is 32.0 Å². The SMILES string of the molecule is CCN1CCC(CNC/C=C/C(=O)O)CC1. The normalized spacial score (nSPS) is 19.3. The molecule has 0 amide bonds. The summed E-state index contributed by atoms with van der Waals surface area (Å²) in [5.41, 5.74) is 0. The Morgan fingerprint density at radius 2 is 2.19 bits per heavy atom. The number of carboxylic acids is 1. The van der Waals surface area contributed by atoms with Gasteiger partial charge in [0.25, 0.3) is 0 Å². The fraction of sp³-hybridized carbons (Fsp3) is 0.750. The second kappa shape index (κ2) is 7.41. The first kappa shape index (κ1) is 13.2. The molecule has 0 aromatic carbocycles. The Morgan fingerprint density at radius 1 is 1.50 bits per heavy atom. The van der Waals surface area contributed by atoms with Crippen LogP contribution in [0.5, 0.6) is 0 Å². The molecule has 1 aliphatic rings. The molecule has 0 saturated carbocycles. The van der Waals surface area contributed by atoms with Crippen molar-refractivity contribution in [3.05, 3.63) is 12.2 Å². The average molecular weight is 226 g/mol. The van der Waals surface area contributed by atoms with Crippen LogP contribution in [0.1, 0.15) is 19.8 Å². The standard InChI is InChI=1S/C12H22N2O2/c1-2-14-8-5-11(6-9-14)10-13-7-3-4-12(15)16/h3-4,11,13H,2,5-10H2,1H3,(H,15,16)/b4-3+. The van der Waals surface area contributed by atoms with Crippen LogP contribution in [0.15, 0.2) is 12.2 Å². The highest BCUT2D eigenvalue weighted by molar-refractivity contribution is 5.79. The molecule has 2 N–H and O–H groups in total. The van der Waals surface area contributed by atoms with Crippen molar-refractivity contribution in [2.75, 3.05) is 32.7 Å². The molecule has 0 aromatic rings. The number of nitrogens with zero attached hydrogens (tertiary/aromatic N) is 1. The van der Waals surface area contributed by atoms with Crippen LogP contribution in [-0.4, -0.2) is 48.7 Å². The van der Waals surface area contributed by atoms with E-state index in [9.17, 15) is 4.79 Å². The molecule has 0 aromatic heterocycles. The summed E-state index contributed by atoms with van der Waals surface area (Å²) < 4.78 is 0. The van der Waals surface area contributed by atoms with Gasteiger partial charge in [0.2, 0.25) is 0 Å². The van der Waals surface area contributed by atoms with Crippen molar-refractivity contribution in [3.63, 3.8) is 0 Å². The third kappa shape index (κ3) is 5.28. The number of hydrogen-bond donors (Lipinski definition) is 2. The van der Waals surface area contributed by atoms with Crippen molar-refractivity contribution in [1.82, 2.24) is 10.2 Å². The number of likely N-dealkylation sites (tertiary alicyclic amines) is 1. The minimum Gasteiger partial charge on any atom is -0.478 e. The van der Waals surface area contributed by atoms with E-state index < -0.39 is 5.97 Å². The summed E-state index contributed by atoms with van der Waals surface area (Å²) in [6, 6.07) is 0. The molecular formula is C12H22N2O2. The highest BCUT2D eigenvalue weighted by atomic mass is 16.4. The van der Waals surface area contributed by atoms with Crippen molar-refractivity contribution in [2.45, 2.75) is 19.8 Å². The maximum absolute atomic E-state index is 10.2. The van der Waals surface area contributed by atoms with E-state index in [0.717, 1.165) is 19.0 Å². The minimum atomic E-state index is -0.877. The Morgan fingerprint density at radius 3 is 2.75 bits per heavy atom. The lowest BCUT2D eigenvalue weighted by Gasteiger charge is -2.31. The van der Waals surface area contributed by atoms with Crippen LogP contribution < -0.4 is 5.32 Å². The van der Waals surface area contributed by atoms with E-state index in [0.29, 0.717) is 6.54 Å². The second-order valence-corrected chi connectivity index (χ2v) is 4.28. The van der Waals surface area contributed by atoms with Gasteiger partial charge in [-0.05, 0) is 44.9 Å². The van der Waals surface area contributed by atoms with Crippen LogP contribution in [-0.2, 0) is 4.79 Å². The van der Waals surface area contributed by atoms with Crippen LogP contribution in [0.25, 0.3) is 0 Å². The Labute approximate surface area is 97.3 Å². The molecule has 1 fully saturated rings. The molecule has 1 heterocycles. The van der Waals surface area contributed by atoms with Gasteiger partial charge in [-0.1, -0.05) is 13.0 Å². The first-order valence-electron chi connectivity index (χ1n) is 6.05. The Kier molecular flexibility index (Phi) is 6.11. The Hall–Kier alpha value is -0.870. The van der Waals surface area contributed by atoms with Crippen LogP contribution in [0.2, 0.25) is 0 Å². The van der Waals surface area contributed by atoms with Crippen LogP contribution >= 0.6 is 0 Å². The smallest absolute Gasteiger partial charge is 0.328 e. The molecule has 0 unspecified atom stereocenters. The molecule has 4 heteroatoms. The Balaban J connectivity index is 2.04. The summed E-state index contributed by atoms with van der Waals surface area (Å²) >= 11 is 0. The monoisotopic (exact) mass is 226 g/mol. The van der Waals surface area contributed by atoms with Gasteiger partial charge in [-0.3, -0.25) is 0 Å². The topological polar surface area (TPSA) is 52.6 Å². The first-order valence-corrected chi connectivity index (χ1v) is 6.05. The quantitative estimate of drug-likeness (QED) is 0.523. The molecular weight excluding hydrogens is 204 g/mol. The maximum atomic E-state index is 10.2. The zero-order chi connectivity index (χ0) is 11.8. The molecule has 0 aliphatic carbocycles. The van der Waals surface area contributed by atoms with E-state index in [1.54, 1.807) is 6.08 Å². The molecule has 0 spiro atoms. The maximum Gasteiger partial charge on any atom is 0.328 e. The van der Waals surface area contributed by atoms with Crippen molar-refractivity contribution in [1.29, 1.82) is 0 Å². The number of piperidine rings is 1. The third-order valence-corrected chi connectivity index (χ3v) is 3.11. The van der Waals surface area contributed by atoms with Crippen molar-refractivity contribution in [3.8, 4) is 0 Å².